The van der Waals surface area contributed by atoms with E-state index in [0.717, 1.165) is 0 Å². The van der Waals surface area contributed by atoms with E-state index >= 15 is 0 Å². The molecule has 7 heteroatoms. The first-order chi connectivity index (χ1) is 7.88. The Hall–Kier alpha value is -1.02. The molecule has 0 aromatic carbocycles. The van der Waals surface area contributed by atoms with Gasteiger partial charge >= 0.3 is 0 Å². The number of aliphatic hydroxyl groups excluding tert-OH is 3. The van der Waals surface area contributed by atoms with Crippen LogP contribution in [0.3, 0.4) is 0 Å². The van der Waals surface area contributed by atoms with Gasteiger partial charge in [0.15, 0.2) is 5.78 Å². The fourth-order valence-electron chi connectivity index (χ4n) is 1.88. The summed E-state index contributed by atoms with van der Waals surface area (Å²) in [5, 5.41) is 30.5. The predicted octanol–water partition coefficient (Wildman–Crippen LogP) is -2.44. The third-order valence-electron chi connectivity index (χ3n) is 2.67. The van der Waals surface area contributed by atoms with Gasteiger partial charge in [-0.1, -0.05) is 0 Å². The van der Waals surface area contributed by atoms with Crippen LogP contribution in [0.25, 0.3) is 0 Å². The molecule has 1 heterocycles. The van der Waals surface area contributed by atoms with Crippen LogP contribution in [0.15, 0.2) is 0 Å². The quantitative estimate of drug-likeness (QED) is 0.438. The topological polar surface area (TPSA) is 116 Å². The van der Waals surface area contributed by atoms with E-state index in [1.54, 1.807) is 0 Å². The van der Waals surface area contributed by atoms with Gasteiger partial charge in [-0.2, -0.15) is 0 Å². The summed E-state index contributed by atoms with van der Waals surface area (Å²) >= 11 is 0. The number of hydrogen-bond acceptors (Lipinski definition) is 6. The Morgan fingerprint density at radius 3 is 2.41 bits per heavy atom. The Bertz CT molecular complexity index is 307. The zero-order valence-corrected chi connectivity index (χ0v) is 9.66. The minimum atomic E-state index is -1.30. The maximum Gasteiger partial charge on any atom is 0.217 e. The molecule has 4 N–H and O–H groups in total. The summed E-state index contributed by atoms with van der Waals surface area (Å²) in [6.45, 7) is 1.92. The Morgan fingerprint density at radius 1 is 1.41 bits per heavy atom. The molecule has 0 unspecified atom stereocenters. The van der Waals surface area contributed by atoms with E-state index < -0.39 is 43.0 Å². The summed E-state index contributed by atoms with van der Waals surface area (Å²) in [7, 11) is 0. The van der Waals surface area contributed by atoms with Crippen molar-refractivity contribution in [1.29, 1.82) is 0 Å². The molecule has 1 fully saturated rings. The molecule has 1 saturated heterocycles. The summed E-state index contributed by atoms with van der Waals surface area (Å²) in [6.07, 6.45) is -4.65. The number of Topliss-reactive ketones (excluding diaryl/α,β-unsaturated/α-hetero) is 1. The van der Waals surface area contributed by atoms with Gasteiger partial charge in [-0.3, -0.25) is 9.59 Å². The molecule has 0 aromatic rings. The van der Waals surface area contributed by atoms with Gasteiger partial charge < -0.3 is 25.4 Å². The van der Waals surface area contributed by atoms with Crippen molar-refractivity contribution in [2.45, 2.75) is 44.3 Å². The van der Waals surface area contributed by atoms with Crippen LogP contribution < -0.4 is 5.32 Å². The van der Waals surface area contributed by atoms with Crippen molar-refractivity contribution in [3.05, 3.63) is 0 Å². The minimum Gasteiger partial charge on any atom is -0.394 e. The van der Waals surface area contributed by atoms with Gasteiger partial charge in [0.05, 0.1) is 12.6 Å². The first kappa shape index (κ1) is 14.0. The Kier molecular flexibility index (Phi) is 4.58. The highest BCUT2D eigenvalue weighted by atomic mass is 16.5. The van der Waals surface area contributed by atoms with Crippen LogP contribution in [0.4, 0.5) is 0 Å². The number of aliphatic hydroxyl groups is 3. The molecular weight excluding hydrogens is 230 g/mol. The number of ether oxygens (including phenoxy) is 1. The largest absolute Gasteiger partial charge is 0.394 e. The predicted molar refractivity (Wildman–Crippen MR) is 56.0 cm³/mol. The second-order valence-electron chi connectivity index (χ2n) is 4.10. The Balaban J connectivity index is 2.85. The van der Waals surface area contributed by atoms with Gasteiger partial charge in [0.1, 0.15) is 24.4 Å². The van der Waals surface area contributed by atoms with Gasteiger partial charge in [-0.25, -0.2) is 0 Å². The summed E-state index contributed by atoms with van der Waals surface area (Å²) in [5.74, 6) is -0.779. The van der Waals surface area contributed by atoms with Crippen molar-refractivity contribution >= 4 is 11.7 Å². The van der Waals surface area contributed by atoms with E-state index in [2.05, 4.69) is 5.32 Å². The Labute approximate surface area is 98.4 Å². The lowest BCUT2D eigenvalue weighted by atomic mass is 10.00. The van der Waals surface area contributed by atoms with E-state index in [0.29, 0.717) is 0 Å². The molecule has 0 radical (unpaired) electrons. The highest BCUT2D eigenvalue weighted by Gasteiger charge is 2.48. The van der Waals surface area contributed by atoms with Crippen molar-refractivity contribution in [1.82, 2.24) is 5.32 Å². The van der Waals surface area contributed by atoms with Gasteiger partial charge in [0.25, 0.3) is 0 Å². The lowest BCUT2D eigenvalue weighted by Gasteiger charge is -2.20. The fourth-order valence-corrected chi connectivity index (χ4v) is 1.88. The van der Waals surface area contributed by atoms with Crippen molar-refractivity contribution < 1.29 is 29.6 Å². The molecule has 0 bridgehead atoms. The van der Waals surface area contributed by atoms with Crippen molar-refractivity contribution in [2.24, 2.45) is 0 Å². The van der Waals surface area contributed by atoms with E-state index in [4.69, 9.17) is 9.84 Å². The molecule has 98 valence electrons. The summed E-state index contributed by atoms with van der Waals surface area (Å²) < 4.78 is 5.18. The zero-order chi connectivity index (χ0) is 13.2. The molecule has 0 aromatic heterocycles. The number of ketones is 1. The van der Waals surface area contributed by atoms with Gasteiger partial charge in [0, 0.05) is 6.92 Å². The molecule has 17 heavy (non-hydrogen) atoms. The van der Waals surface area contributed by atoms with E-state index in [-0.39, 0.29) is 5.78 Å². The zero-order valence-electron chi connectivity index (χ0n) is 9.66. The molecule has 1 aliphatic heterocycles. The van der Waals surface area contributed by atoms with E-state index in [9.17, 15) is 19.8 Å². The molecule has 0 aliphatic carbocycles. The first-order valence-corrected chi connectivity index (χ1v) is 5.28. The molecular formula is C10H17NO6. The maximum absolute atomic E-state index is 11.3. The van der Waals surface area contributed by atoms with Gasteiger partial charge in [-0.15, -0.1) is 0 Å². The molecule has 5 atom stereocenters. The van der Waals surface area contributed by atoms with E-state index in [1.807, 2.05) is 0 Å². The fraction of sp³-hybridized carbons (Fsp3) is 0.800. The average molecular weight is 247 g/mol. The third-order valence-corrected chi connectivity index (χ3v) is 2.67. The summed E-state index contributed by atoms with van der Waals surface area (Å²) in [4.78, 5) is 22.3. The highest BCUT2D eigenvalue weighted by Crippen LogP contribution is 2.24. The molecule has 0 spiro atoms. The van der Waals surface area contributed by atoms with Crippen LogP contribution in [0.2, 0.25) is 0 Å². The van der Waals surface area contributed by atoms with Gasteiger partial charge in [0.2, 0.25) is 5.91 Å². The standard InChI is InChI=1S/C10H17NO6/c1-4(13)9-7(11-5(2)14)8(16)10(17-9)6(15)3-12/h6-10,12,15-16H,3H2,1-2H3,(H,11,14)/t6-,7+,8-,9-,10-/m1/s1. The average Bonchev–Trinajstić information content (AvgIpc) is 2.55. The Morgan fingerprint density at radius 2 is 2.00 bits per heavy atom. The maximum atomic E-state index is 11.3. The van der Waals surface area contributed by atoms with Crippen LogP contribution >= 0.6 is 0 Å². The molecule has 0 saturated carbocycles. The van der Waals surface area contributed by atoms with Gasteiger partial charge in [-0.05, 0) is 6.92 Å². The van der Waals surface area contributed by atoms with Crippen LogP contribution in [-0.4, -0.2) is 64.1 Å². The molecule has 1 rings (SSSR count). The van der Waals surface area contributed by atoms with Crippen molar-refractivity contribution in [3.8, 4) is 0 Å². The number of amides is 1. The highest BCUT2D eigenvalue weighted by molar-refractivity contribution is 5.83. The third kappa shape index (κ3) is 3.01. The molecule has 1 amide bonds. The van der Waals surface area contributed by atoms with Crippen LogP contribution in [0.5, 0.6) is 0 Å². The second-order valence-corrected chi connectivity index (χ2v) is 4.10. The number of nitrogens with one attached hydrogen (secondary N) is 1. The van der Waals surface area contributed by atoms with Crippen LogP contribution in [-0.2, 0) is 14.3 Å². The lowest BCUT2D eigenvalue weighted by molar-refractivity contribution is -0.133. The monoisotopic (exact) mass is 247 g/mol. The van der Waals surface area contributed by atoms with Crippen molar-refractivity contribution in [3.63, 3.8) is 0 Å². The van der Waals surface area contributed by atoms with Crippen molar-refractivity contribution in [2.75, 3.05) is 6.61 Å². The minimum absolute atomic E-state index is 0.365. The summed E-state index contributed by atoms with van der Waals surface area (Å²) in [6, 6.07) is -0.906. The number of carbonyl (C=O) groups is 2. The lowest BCUT2D eigenvalue weighted by Crippen LogP contribution is -2.50. The number of carbonyl (C=O) groups excluding carboxylic acids is 2. The second kappa shape index (κ2) is 5.54. The SMILES string of the molecule is CC(=O)N[C@H]1[C@@H](O)[C@@H]([C@H](O)CO)O[C@@H]1C(C)=O. The van der Waals surface area contributed by atoms with Crippen LogP contribution in [0.1, 0.15) is 13.8 Å². The summed E-state index contributed by atoms with van der Waals surface area (Å²) in [5.41, 5.74) is 0. The smallest absolute Gasteiger partial charge is 0.217 e. The first-order valence-electron chi connectivity index (χ1n) is 5.28. The normalized spacial score (nSPS) is 34.4. The van der Waals surface area contributed by atoms with Crippen LogP contribution in [0, 0.1) is 0 Å². The number of rotatable bonds is 4. The van der Waals surface area contributed by atoms with E-state index in [1.165, 1.54) is 13.8 Å². The number of hydrogen-bond donors (Lipinski definition) is 4. The molecule has 1 aliphatic rings. The molecule has 7 nitrogen and oxygen atoms in total.